The van der Waals surface area contributed by atoms with Gasteiger partial charge in [0.15, 0.2) is 17.7 Å². The van der Waals surface area contributed by atoms with Gasteiger partial charge < -0.3 is 63.3 Å². The van der Waals surface area contributed by atoms with Gasteiger partial charge in [-0.1, -0.05) is 159 Å². The fourth-order valence-corrected chi connectivity index (χ4v) is 13.4. The number of alkyl carbamates (subject to hydrolysis) is 1. The number of ketones is 1. The second-order valence-electron chi connectivity index (χ2n) is 25.5. The number of esters is 3. The highest BCUT2D eigenvalue weighted by Gasteiger charge is 2.78. The van der Waals surface area contributed by atoms with Crippen LogP contribution in [0.25, 0.3) is 0 Å². The van der Waals surface area contributed by atoms with Gasteiger partial charge in [-0.15, -0.1) is 0 Å². The van der Waals surface area contributed by atoms with E-state index in [4.69, 9.17) is 42.6 Å². The van der Waals surface area contributed by atoms with Gasteiger partial charge in [0, 0.05) is 25.2 Å². The third-order valence-electron chi connectivity index (χ3n) is 18.0. The van der Waals surface area contributed by atoms with Crippen molar-refractivity contribution < 1.29 is 86.7 Å². The van der Waals surface area contributed by atoms with Crippen LogP contribution < -0.4 is 5.32 Å². The van der Waals surface area contributed by atoms with Gasteiger partial charge in [-0.25, -0.2) is 19.2 Å². The summed E-state index contributed by atoms with van der Waals surface area (Å²) in [5.74, 6) is -5.55. The molecule has 0 aromatic heterocycles. The number of carbonyl (C=O) groups excluding carboxylic acids is 6. The highest BCUT2D eigenvalue weighted by Crippen LogP contribution is 2.64. The van der Waals surface area contributed by atoms with E-state index in [2.05, 4.69) is 12.2 Å². The predicted molar refractivity (Wildman–Crippen MR) is 308 cm³/mol. The molecule has 2 aliphatic heterocycles. The van der Waals surface area contributed by atoms with E-state index in [0.717, 1.165) is 26.2 Å². The van der Waals surface area contributed by atoms with E-state index in [-0.39, 0.29) is 48.5 Å². The summed E-state index contributed by atoms with van der Waals surface area (Å²) in [4.78, 5) is 85.9. The molecule has 5 aliphatic rings. The minimum Gasteiger partial charge on any atom is -0.455 e. The van der Waals surface area contributed by atoms with Crippen LogP contribution >= 0.6 is 0 Å². The predicted octanol–water partition coefficient (Wildman–Crippen LogP) is 10.4. The van der Waals surface area contributed by atoms with E-state index in [1.807, 2.05) is 0 Å². The summed E-state index contributed by atoms with van der Waals surface area (Å²) in [6.07, 6.45) is 4.86. The number of Topliss-reactive ketones (excluding diaryl/α,β-unsaturated/α-hetero) is 1. The Morgan fingerprint density at radius 1 is 0.798 bits per heavy atom. The molecule has 2 saturated carbocycles. The van der Waals surface area contributed by atoms with Gasteiger partial charge in [0.2, 0.25) is 6.10 Å². The van der Waals surface area contributed by atoms with Gasteiger partial charge in [-0.05, 0) is 76.3 Å². The Morgan fingerprint density at radius 3 is 1.94 bits per heavy atom. The third-order valence-corrected chi connectivity index (χ3v) is 18.0. The van der Waals surface area contributed by atoms with E-state index < -0.39 is 131 Å². The first-order chi connectivity index (χ1) is 39.9. The second-order valence-corrected chi connectivity index (χ2v) is 25.5. The summed E-state index contributed by atoms with van der Waals surface area (Å²) < 4.78 is 53.9. The van der Waals surface area contributed by atoms with E-state index in [9.17, 15) is 34.5 Å². The summed E-state index contributed by atoms with van der Waals surface area (Å²) in [5, 5.41) is 41.2. The molecule has 84 heavy (non-hydrogen) atoms. The van der Waals surface area contributed by atoms with Crippen molar-refractivity contribution in [3.8, 4) is 0 Å². The van der Waals surface area contributed by atoms with Crippen LogP contribution in [0.3, 0.4) is 0 Å². The lowest BCUT2D eigenvalue weighted by molar-refractivity contribution is -0.346. The van der Waals surface area contributed by atoms with Crippen molar-refractivity contribution in [1.29, 1.82) is 0 Å². The maximum atomic E-state index is 15.3. The molecule has 0 spiro atoms. The molecule has 0 radical (unpaired) electrons. The van der Waals surface area contributed by atoms with Crippen LogP contribution in [-0.4, -0.2) is 137 Å². The van der Waals surface area contributed by atoms with E-state index in [1.54, 1.807) is 83.1 Å². The molecule has 7 rings (SSSR count). The minimum absolute atomic E-state index is 0.0534. The first-order valence-electron chi connectivity index (χ1n) is 30.6. The van der Waals surface area contributed by atoms with E-state index in [1.165, 1.54) is 103 Å². The van der Waals surface area contributed by atoms with Crippen molar-refractivity contribution in [2.75, 3.05) is 19.8 Å². The van der Waals surface area contributed by atoms with Crippen LogP contribution in [0.2, 0.25) is 0 Å². The first kappa shape index (κ1) is 66.1. The monoisotopic (exact) mass is 1180 g/mol. The van der Waals surface area contributed by atoms with Gasteiger partial charge in [0.05, 0.1) is 36.2 Å². The SMILES string of the molecule is CCCCCCCCCCCCCCCCCC1OCC(COC(=O)O[C@@H](C(=O)O[C@H]2C[C@@]3(O)[C@@H](OC(=O)c4ccccc4)[C@@H]4[C@]5(OC(C)=O)CO[C@@H]5C[C@H](O)[C@@]4(C)C(=O)[C@H](O)C(=C2C)C3(C)C)[C@@H](NC(=O)OC(C)(C)C)c2ccccc2)O1. The Kier molecular flexibility index (Phi) is 22.7. The highest BCUT2D eigenvalue weighted by atomic mass is 16.8. The topological polar surface area (TPSA) is 258 Å². The van der Waals surface area contributed by atoms with Crippen LogP contribution in [0.15, 0.2) is 71.8 Å². The quantitative estimate of drug-likeness (QED) is 0.0281. The summed E-state index contributed by atoms with van der Waals surface area (Å²) >= 11 is 0. The zero-order chi connectivity index (χ0) is 61.0. The lowest BCUT2D eigenvalue weighted by Crippen LogP contribution is -2.81. The number of carbonyl (C=O) groups is 6. The van der Waals surface area contributed by atoms with Gasteiger partial charge in [-0.2, -0.15) is 0 Å². The maximum absolute atomic E-state index is 15.3. The molecule has 13 atom stereocenters. The molecule has 1 amide bonds. The van der Waals surface area contributed by atoms with Gasteiger partial charge in [0.1, 0.15) is 54.4 Å². The molecule has 2 heterocycles. The number of nitrogens with one attached hydrogen (secondary N) is 1. The molecule has 19 nitrogen and oxygen atoms in total. The number of aliphatic hydroxyl groups excluding tert-OH is 2. The molecular formula is C65H93NO18. The van der Waals surface area contributed by atoms with E-state index in [0.29, 0.717) is 6.42 Å². The Morgan fingerprint density at radius 2 is 1.38 bits per heavy atom. The van der Waals surface area contributed by atoms with Crippen molar-refractivity contribution in [2.45, 2.75) is 250 Å². The number of benzene rings is 2. The van der Waals surface area contributed by atoms with E-state index >= 15 is 9.59 Å². The lowest BCUT2D eigenvalue weighted by Gasteiger charge is -2.67. The fourth-order valence-electron chi connectivity index (χ4n) is 13.4. The molecule has 2 bridgehead atoms. The molecule has 4 N–H and O–H groups in total. The van der Waals surface area contributed by atoms with Gasteiger partial charge in [-0.3, -0.25) is 9.59 Å². The molecular weight excluding hydrogens is 1080 g/mol. The summed E-state index contributed by atoms with van der Waals surface area (Å²) in [6, 6.07) is 14.5. The zero-order valence-electron chi connectivity index (χ0n) is 50.9. The zero-order valence-corrected chi connectivity index (χ0v) is 50.9. The number of rotatable bonds is 27. The van der Waals surface area contributed by atoms with Crippen LogP contribution in [-0.2, 0) is 57.0 Å². The number of ether oxygens (including phenoxy) is 9. The highest BCUT2D eigenvalue weighted by molar-refractivity contribution is 5.94. The second kappa shape index (κ2) is 28.8. The van der Waals surface area contributed by atoms with Crippen molar-refractivity contribution in [2.24, 2.45) is 16.7 Å². The standard InChI is InChI=1S/C65H93NO18/c1-10-11-12-13-14-15-16-17-18-19-20-21-22-23-30-35-49-76-38-45(79-49)39-77-60(74)81-53(51(43-31-26-24-27-32-43)66-59(73)84-61(4,5)6)58(72)80-46-37-65(75)56(82-57(71)44-33-28-25-29-34-44)54-63(9,55(70)52(69)50(41(46)2)62(65,7)8)47(68)36-48-64(54,40-78-48)83-42(3)67/h24-29,31-34,45-49,51-54,56,68-69,75H,10-23,30,35-40H2,1-9H3,(H,66,73)/t45?,46-,47-,48+,49?,51-,52+,53+,54-,56-,63+,64-,65+/m0/s1. The van der Waals surface area contributed by atoms with Crippen LogP contribution in [0, 0.1) is 16.7 Å². The van der Waals surface area contributed by atoms with Crippen LogP contribution in [0.5, 0.6) is 0 Å². The number of unbranched alkanes of at least 4 members (excludes halogenated alkanes) is 14. The molecule has 2 saturated heterocycles. The Labute approximate surface area is 495 Å². The number of amides is 1. The van der Waals surface area contributed by atoms with Crippen LogP contribution in [0.4, 0.5) is 9.59 Å². The fraction of sp³-hybridized carbons (Fsp3) is 0.692. The summed E-state index contributed by atoms with van der Waals surface area (Å²) in [5.41, 5.74) is -8.74. The molecule has 2 aromatic rings. The van der Waals surface area contributed by atoms with Crippen molar-refractivity contribution in [3.63, 3.8) is 0 Å². The Hall–Kier alpha value is -5.44. The van der Waals surface area contributed by atoms with Gasteiger partial charge >= 0.3 is 30.2 Å². The average Bonchev–Trinajstić information content (AvgIpc) is 0.713. The number of aliphatic hydroxyl groups is 3. The minimum atomic E-state index is -2.45. The maximum Gasteiger partial charge on any atom is 0.509 e. The Balaban J connectivity index is 1.11. The molecule has 19 heteroatoms. The molecule has 466 valence electrons. The normalized spacial score (nSPS) is 29.5. The third kappa shape index (κ3) is 15.2. The summed E-state index contributed by atoms with van der Waals surface area (Å²) in [7, 11) is 0. The van der Waals surface area contributed by atoms with Crippen molar-refractivity contribution in [3.05, 3.63) is 82.9 Å². The van der Waals surface area contributed by atoms with Gasteiger partial charge in [0.25, 0.3) is 0 Å². The molecule has 2 unspecified atom stereocenters. The number of fused-ring (bicyclic) bond motifs is 5. The summed E-state index contributed by atoms with van der Waals surface area (Å²) in [6.45, 7) is 13.8. The number of hydrogen-bond acceptors (Lipinski definition) is 18. The van der Waals surface area contributed by atoms with Crippen molar-refractivity contribution in [1.82, 2.24) is 5.32 Å². The largest absolute Gasteiger partial charge is 0.509 e. The first-order valence-corrected chi connectivity index (χ1v) is 30.6. The molecule has 2 aromatic carbocycles. The lowest BCUT2D eigenvalue weighted by atomic mass is 9.44. The van der Waals surface area contributed by atoms with Crippen molar-refractivity contribution >= 4 is 35.9 Å². The molecule has 3 aliphatic carbocycles. The smallest absolute Gasteiger partial charge is 0.455 e. The average molecular weight is 1180 g/mol. The van der Waals surface area contributed by atoms with Crippen LogP contribution in [0.1, 0.15) is 200 Å². The Bertz CT molecular complexity index is 2580. The number of hydrogen-bond donors (Lipinski definition) is 4. The molecule has 4 fully saturated rings.